The number of amides is 1. The van der Waals surface area contributed by atoms with E-state index < -0.39 is 17.7 Å². The van der Waals surface area contributed by atoms with Crippen LogP contribution in [0.4, 0.5) is 0 Å². The summed E-state index contributed by atoms with van der Waals surface area (Å²) in [4.78, 5) is 30.8. The van der Waals surface area contributed by atoms with Crippen molar-refractivity contribution in [1.29, 1.82) is 0 Å². The Bertz CT molecular complexity index is 1410. The number of hydrogen-bond acceptors (Lipinski definition) is 7. The van der Waals surface area contributed by atoms with Crippen molar-refractivity contribution in [2.24, 2.45) is 0 Å². The first-order chi connectivity index (χ1) is 20.0. The number of ether oxygens (including phenoxy) is 3. The molecule has 2 aliphatic heterocycles. The number of morpholine rings is 1. The fraction of sp³-hybridized carbons (Fsp3) is 0.333. The predicted octanol–water partition coefficient (Wildman–Crippen LogP) is 5.33. The molecule has 3 aromatic carbocycles. The molecule has 1 unspecified atom stereocenters. The summed E-state index contributed by atoms with van der Waals surface area (Å²) >= 11 is 0. The van der Waals surface area contributed by atoms with Crippen LogP contribution in [0.15, 0.2) is 78.4 Å². The molecule has 2 heterocycles. The molecule has 41 heavy (non-hydrogen) atoms. The Morgan fingerprint density at radius 2 is 1.68 bits per heavy atom. The molecule has 0 radical (unpaired) electrons. The number of aryl methyl sites for hydroxylation is 1. The highest BCUT2D eigenvalue weighted by molar-refractivity contribution is 6.46. The molecule has 1 atom stereocenters. The van der Waals surface area contributed by atoms with E-state index in [4.69, 9.17) is 14.2 Å². The summed E-state index contributed by atoms with van der Waals surface area (Å²) in [6.45, 7) is 8.20. The topological polar surface area (TPSA) is 88.5 Å². The third kappa shape index (κ3) is 6.45. The molecule has 0 aliphatic carbocycles. The summed E-state index contributed by atoms with van der Waals surface area (Å²) in [6, 6.07) is 21.3. The van der Waals surface area contributed by atoms with Crippen molar-refractivity contribution in [2.45, 2.75) is 26.3 Å². The van der Waals surface area contributed by atoms with E-state index in [2.05, 4.69) is 4.90 Å². The smallest absolute Gasteiger partial charge is 0.295 e. The Morgan fingerprint density at radius 3 is 2.41 bits per heavy atom. The summed E-state index contributed by atoms with van der Waals surface area (Å²) in [5.41, 5.74) is 1.98. The van der Waals surface area contributed by atoms with Crippen molar-refractivity contribution in [3.05, 3.63) is 95.1 Å². The largest absolute Gasteiger partial charge is 0.507 e. The minimum atomic E-state index is -0.772. The monoisotopic (exact) mass is 556 g/mol. The first kappa shape index (κ1) is 28.4. The molecule has 0 bridgehead atoms. The fourth-order valence-corrected chi connectivity index (χ4v) is 5.26. The summed E-state index contributed by atoms with van der Waals surface area (Å²) < 4.78 is 17.3. The quantitative estimate of drug-likeness (QED) is 0.205. The molecule has 2 fully saturated rings. The zero-order valence-corrected chi connectivity index (χ0v) is 23.5. The van der Waals surface area contributed by atoms with Crippen LogP contribution >= 0.6 is 0 Å². The third-order valence-corrected chi connectivity index (χ3v) is 7.38. The average molecular weight is 557 g/mol. The Morgan fingerprint density at radius 1 is 0.927 bits per heavy atom. The van der Waals surface area contributed by atoms with E-state index in [1.165, 1.54) is 0 Å². The van der Waals surface area contributed by atoms with Gasteiger partial charge in [0.25, 0.3) is 11.7 Å². The van der Waals surface area contributed by atoms with Gasteiger partial charge in [-0.3, -0.25) is 14.5 Å². The zero-order valence-electron chi connectivity index (χ0n) is 23.5. The maximum Gasteiger partial charge on any atom is 0.295 e. The van der Waals surface area contributed by atoms with Crippen molar-refractivity contribution < 1.29 is 28.9 Å². The Labute approximate surface area is 240 Å². The first-order valence-corrected chi connectivity index (χ1v) is 14.1. The Balaban J connectivity index is 1.53. The SMILES string of the molecule is CCCOc1ccc(C(O)=C2C(=O)C(=O)N(CCN3CCOCC3)C2c2cccc(Oc3ccccc3)c2)c(C)c1. The van der Waals surface area contributed by atoms with Gasteiger partial charge >= 0.3 is 0 Å². The van der Waals surface area contributed by atoms with Crippen molar-refractivity contribution in [3.8, 4) is 17.2 Å². The third-order valence-electron chi connectivity index (χ3n) is 7.38. The van der Waals surface area contributed by atoms with Crippen LogP contribution in [-0.4, -0.2) is 72.6 Å². The highest BCUT2D eigenvalue weighted by Gasteiger charge is 2.46. The Hall–Kier alpha value is -4.14. The van der Waals surface area contributed by atoms with Gasteiger partial charge in [-0.1, -0.05) is 37.3 Å². The van der Waals surface area contributed by atoms with E-state index in [9.17, 15) is 14.7 Å². The van der Waals surface area contributed by atoms with Crippen LogP contribution in [0.25, 0.3) is 5.76 Å². The van der Waals surface area contributed by atoms with Gasteiger partial charge in [0, 0.05) is 31.7 Å². The lowest BCUT2D eigenvalue weighted by Crippen LogP contribution is -2.42. The summed E-state index contributed by atoms with van der Waals surface area (Å²) in [5.74, 6) is 0.410. The van der Waals surface area contributed by atoms with Crippen LogP contribution in [-0.2, 0) is 14.3 Å². The fourth-order valence-electron chi connectivity index (χ4n) is 5.26. The van der Waals surface area contributed by atoms with Crippen molar-refractivity contribution >= 4 is 17.4 Å². The molecule has 8 heteroatoms. The summed E-state index contributed by atoms with van der Waals surface area (Å²) in [6.07, 6.45) is 0.877. The van der Waals surface area contributed by atoms with E-state index in [0.29, 0.717) is 61.3 Å². The van der Waals surface area contributed by atoms with Gasteiger partial charge in [0.2, 0.25) is 0 Å². The molecule has 2 aliphatic rings. The normalized spacial score (nSPS) is 19.0. The lowest BCUT2D eigenvalue weighted by atomic mass is 9.93. The molecule has 8 nitrogen and oxygen atoms in total. The molecule has 0 aromatic heterocycles. The number of hydrogen-bond donors (Lipinski definition) is 1. The number of rotatable bonds is 10. The standard InChI is InChI=1S/C33H36N2O6/c1-3-18-40-26-12-13-28(23(2)21-26)31(36)29-30(24-8-7-11-27(22-24)41-25-9-5-4-6-10-25)35(33(38)32(29)37)15-14-34-16-19-39-20-17-34/h4-13,21-22,30,36H,3,14-20H2,1-2H3. The number of ketones is 1. The predicted molar refractivity (Wildman–Crippen MR) is 156 cm³/mol. The van der Waals surface area contributed by atoms with Crippen LogP contribution in [0.1, 0.15) is 36.1 Å². The summed E-state index contributed by atoms with van der Waals surface area (Å²) in [5, 5.41) is 11.6. The van der Waals surface area contributed by atoms with Crippen LogP contribution in [0.5, 0.6) is 17.2 Å². The molecule has 1 amide bonds. The number of nitrogens with zero attached hydrogens (tertiary/aromatic N) is 2. The molecule has 2 saturated heterocycles. The van der Waals surface area contributed by atoms with Gasteiger partial charge in [0.05, 0.1) is 31.4 Å². The van der Waals surface area contributed by atoms with E-state index in [-0.39, 0.29) is 11.3 Å². The second-order valence-corrected chi connectivity index (χ2v) is 10.3. The number of benzene rings is 3. The van der Waals surface area contributed by atoms with Crippen LogP contribution < -0.4 is 9.47 Å². The molecular formula is C33H36N2O6. The van der Waals surface area contributed by atoms with Crippen LogP contribution in [0, 0.1) is 6.92 Å². The average Bonchev–Trinajstić information content (AvgIpc) is 3.25. The first-order valence-electron chi connectivity index (χ1n) is 14.1. The van der Waals surface area contributed by atoms with Gasteiger partial charge in [-0.15, -0.1) is 0 Å². The summed E-state index contributed by atoms with van der Waals surface area (Å²) in [7, 11) is 0. The number of carbonyl (C=O) groups excluding carboxylic acids is 2. The maximum absolute atomic E-state index is 13.6. The lowest BCUT2D eigenvalue weighted by molar-refractivity contribution is -0.140. The lowest BCUT2D eigenvalue weighted by Gasteiger charge is -2.31. The number of likely N-dealkylation sites (tertiary alicyclic amines) is 1. The van der Waals surface area contributed by atoms with Gasteiger partial charge in [-0.25, -0.2) is 0 Å². The van der Waals surface area contributed by atoms with Crippen LogP contribution in [0.2, 0.25) is 0 Å². The molecular weight excluding hydrogens is 520 g/mol. The maximum atomic E-state index is 13.6. The minimum absolute atomic E-state index is 0.0687. The highest BCUT2D eigenvalue weighted by atomic mass is 16.5. The number of para-hydroxylation sites is 1. The van der Waals surface area contributed by atoms with Crippen molar-refractivity contribution in [2.75, 3.05) is 46.0 Å². The molecule has 5 rings (SSSR count). The molecule has 3 aromatic rings. The van der Waals surface area contributed by atoms with Gasteiger partial charge in [-0.05, 0) is 66.9 Å². The van der Waals surface area contributed by atoms with E-state index in [0.717, 1.165) is 25.1 Å². The van der Waals surface area contributed by atoms with Gasteiger partial charge in [0.15, 0.2) is 0 Å². The van der Waals surface area contributed by atoms with Crippen molar-refractivity contribution in [1.82, 2.24) is 9.80 Å². The van der Waals surface area contributed by atoms with E-state index >= 15 is 0 Å². The number of aliphatic hydroxyl groups is 1. The van der Waals surface area contributed by atoms with Gasteiger partial charge < -0.3 is 24.2 Å². The van der Waals surface area contributed by atoms with Gasteiger partial charge in [-0.2, -0.15) is 0 Å². The second kappa shape index (κ2) is 13.0. The number of aliphatic hydroxyl groups excluding tert-OH is 1. The zero-order chi connectivity index (χ0) is 28.8. The number of carbonyl (C=O) groups is 2. The Kier molecular flexibility index (Phi) is 9.01. The van der Waals surface area contributed by atoms with Gasteiger partial charge in [0.1, 0.15) is 23.0 Å². The highest BCUT2D eigenvalue weighted by Crippen LogP contribution is 2.41. The van der Waals surface area contributed by atoms with Crippen molar-refractivity contribution in [3.63, 3.8) is 0 Å². The molecule has 214 valence electrons. The van der Waals surface area contributed by atoms with E-state index in [1.54, 1.807) is 17.0 Å². The minimum Gasteiger partial charge on any atom is -0.507 e. The molecule has 0 spiro atoms. The van der Waals surface area contributed by atoms with Crippen LogP contribution in [0.3, 0.4) is 0 Å². The van der Waals surface area contributed by atoms with E-state index in [1.807, 2.05) is 74.5 Å². The number of Topliss-reactive ketones (excluding diaryl/α,β-unsaturated/α-hetero) is 1. The molecule has 1 N–H and O–H groups in total. The second-order valence-electron chi connectivity index (χ2n) is 10.3. The molecule has 0 saturated carbocycles.